The lowest BCUT2D eigenvalue weighted by Crippen LogP contribution is -1.96. The summed E-state index contributed by atoms with van der Waals surface area (Å²) >= 11 is 0. The van der Waals surface area contributed by atoms with Crippen LogP contribution in [0, 0.1) is 0 Å². The smallest absolute Gasteiger partial charge is 0.143 e. The molecule has 11 aromatic rings. The highest BCUT2D eigenvalue weighted by molar-refractivity contribution is 6.13. The lowest BCUT2D eigenvalue weighted by Gasteiger charge is -2.16. The number of hydrogen-bond donors (Lipinski definition) is 0. The van der Waals surface area contributed by atoms with E-state index in [1.54, 1.807) is 24.8 Å². The van der Waals surface area contributed by atoms with Crippen LogP contribution in [0.25, 0.3) is 111 Å². The summed E-state index contributed by atoms with van der Waals surface area (Å²) in [6, 6.07) is 57.0. The van der Waals surface area contributed by atoms with Crippen LogP contribution in [0.1, 0.15) is 0 Å². The van der Waals surface area contributed by atoms with Gasteiger partial charge >= 0.3 is 0 Å². The lowest BCUT2D eigenvalue weighted by molar-refractivity contribution is 0.671. The molecule has 6 aromatic heterocycles. The zero-order valence-corrected chi connectivity index (χ0v) is 32.9. The third-order valence-corrected chi connectivity index (χ3v) is 11.2. The monoisotopic (exact) mass is 781 g/mol. The zero-order chi connectivity index (χ0) is 40.5. The van der Waals surface area contributed by atoms with Gasteiger partial charge in [0.05, 0.1) is 11.4 Å². The molecule has 6 nitrogen and oxygen atoms in total. The highest BCUT2D eigenvalue weighted by Gasteiger charge is 2.21. The molecule has 0 spiro atoms. The second-order valence-corrected chi connectivity index (χ2v) is 15.0. The lowest BCUT2D eigenvalue weighted by atomic mass is 9.91. The first-order valence-electron chi connectivity index (χ1n) is 20.2. The third kappa shape index (κ3) is 6.82. The fraction of sp³-hybridized carbons (Fsp3) is 0. The van der Waals surface area contributed by atoms with Crippen molar-refractivity contribution in [1.29, 1.82) is 0 Å². The van der Waals surface area contributed by atoms with Gasteiger partial charge in [0, 0.05) is 110 Å². The highest BCUT2D eigenvalue weighted by Crippen LogP contribution is 2.44. The van der Waals surface area contributed by atoms with Gasteiger partial charge in [-0.15, -0.1) is 0 Å². The molecule has 6 heterocycles. The number of pyridine rings is 5. The van der Waals surface area contributed by atoms with Crippen LogP contribution in [0.4, 0.5) is 0 Å². The predicted molar refractivity (Wildman–Crippen MR) is 246 cm³/mol. The first kappa shape index (κ1) is 35.8. The summed E-state index contributed by atoms with van der Waals surface area (Å²) < 4.78 is 6.99. The molecule has 0 radical (unpaired) electrons. The normalized spacial score (nSPS) is 11.3. The molecule has 0 atom stereocenters. The van der Waals surface area contributed by atoms with Crippen LogP contribution < -0.4 is 0 Å². The summed E-state index contributed by atoms with van der Waals surface area (Å²) in [6.45, 7) is 0. The van der Waals surface area contributed by atoms with Crippen molar-refractivity contribution in [3.63, 3.8) is 0 Å². The highest BCUT2D eigenvalue weighted by atomic mass is 16.3. The first-order chi connectivity index (χ1) is 30.2. The van der Waals surface area contributed by atoms with Crippen molar-refractivity contribution in [3.8, 4) is 89.3 Å². The number of nitrogens with zero attached hydrogens (tertiary/aromatic N) is 5. The second kappa shape index (κ2) is 15.4. The zero-order valence-electron chi connectivity index (χ0n) is 32.9. The molecule has 6 heteroatoms. The average Bonchev–Trinajstić information content (AvgIpc) is 3.74. The van der Waals surface area contributed by atoms with Gasteiger partial charge in [0.1, 0.15) is 11.2 Å². The molecule has 0 bridgehead atoms. The van der Waals surface area contributed by atoms with Gasteiger partial charge in [-0.05, 0) is 101 Å². The Balaban J connectivity index is 1.18. The number of fused-ring (bicyclic) bond motifs is 3. The Morgan fingerprint density at radius 1 is 0.295 bits per heavy atom. The Kier molecular flexibility index (Phi) is 9.06. The molecular formula is C55H35N5O. The topological polar surface area (TPSA) is 77.6 Å². The number of para-hydroxylation sites is 2. The third-order valence-electron chi connectivity index (χ3n) is 11.2. The van der Waals surface area contributed by atoms with Crippen LogP contribution in [0.3, 0.4) is 0 Å². The van der Waals surface area contributed by atoms with Crippen molar-refractivity contribution >= 4 is 21.9 Å². The fourth-order valence-electron chi connectivity index (χ4n) is 8.28. The summed E-state index contributed by atoms with van der Waals surface area (Å²) in [5.41, 5.74) is 17.5. The van der Waals surface area contributed by atoms with Gasteiger partial charge in [-0.1, -0.05) is 91.0 Å². The molecular weight excluding hydrogens is 747 g/mol. The van der Waals surface area contributed by atoms with Gasteiger partial charge in [0.2, 0.25) is 0 Å². The molecule has 0 aliphatic heterocycles. The maximum Gasteiger partial charge on any atom is 0.143 e. The average molecular weight is 782 g/mol. The Hall–Kier alpha value is -8.35. The van der Waals surface area contributed by atoms with Crippen LogP contribution in [-0.2, 0) is 0 Å². The van der Waals surface area contributed by atoms with E-state index in [0.29, 0.717) is 0 Å². The number of benzene rings is 5. The van der Waals surface area contributed by atoms with Gasteiger partial charge in [0.25, 0.3) is 0 Å². The van der Waals surface area contributed by atoms with Crippen LogP contribution in [0.15, 0.2) is 218 Å². The minimum absolute atomic E-state index is 0.810. The van der Waals surface area contributed by atoms with Crippen LogP contribution in [0.5, 0.6) is 0 Å². The molecule has 0 aliphatic carbocycles. The minimum Gasteiger partial charge on any atom is -0.455 e. The van der Waals surface area contributed by atoms with Crippen LogP contribution in [0.2, 0.25) is 0 Å². The maximum atomic E-state index is 6.99. The molecule has 0 amide bonds. The van der Waals surface area contributed by atoms with E-state index in [0.717, 1.165) is 111 Å². The van der Waals surface area contributed by atoms with Crippen LogP contribution in [-0.4, -0.2) is 24.9 Å². The van der Waals surface area contributed by atoms with Crippen LogP contribution >= 0.6 is 0 Å². The number of furan rings is 1. The van der Waals surface area contributed by atoms with Gasteiger partial charge in [-0.2, -0.15) is 0 Å². The summed E-state index contributed by atoms with van der Waals surface area (Å²) in [6.07, 6.45) is 14.8. The summed E-state index contributed by atoms with van der Waals surface area (Å²) in [5, 5.41) is 2.11. The van der Waals surface area contributed by atoms with Crippen molar-refractivity contribution in [1.82, 2.24) is 24.9 Å². The van der Waals surface area contributed by atoms with E-state index >= 15 is 0 Å². The number of aromatic nitrogens is 5. The minimum atomic E-state index is 0.810. The Morgan fingerprint density at radius 3 is 1.23 bits per heavy atom. The van der Waals surface area contributed by atoms with E-state index in [-0.39, 0.29) is 0 Å². The molecule has 0 aliphatic rings. The second-order valence-electron chi connectivity index (χ2n) is 15.0. The van der Waals surface area contributed by atoms with E-state index in [1.807, 2.05) is 55.1 Å². The van der Waals surface area contributed by atoms with Crippen molar-refractivity contribution in [2.75, 3.05) is 0 Å². The van der Waals surface area contributed by atoms with E-state index in [9.17, 15) is 0 Å². The Labute approximate surface area is 352 Å². The van der Waals surface area contributed by atoms with Gasteiger partial charge in [0.15, 0.2) is 0 Å². The molecule has 11 rings (SSSR count). The summed E-state index contributed by atoms with van der Waals surface area (Å²) in [7, 11) is 0. The SMILES string of the molecule is c1ccc(-c2cccc3c2oc2c(-c4ccc(-c5cc(-c6cccnc6)cc(-c6cccnc6)c5)nc4-c4cc(-c5cccnc5)cc(-c5cccnc5)c4)cccc23)cc1. The number of rotatable bonds is 8. The maximum absolute atomic E-state index is 6.99. The van der Waals surface area contributed by atoms with Gasteiger partial charge in [-0.3, -0.25) is 19.9 Å². The molecule has 286 valence electrons. The predicted octanol–water partition coefficient (Wildman–Crippen LogP) is 13.9. The molecule has 5 aromatic carbocycles. The molecule has 61 heavy (non-hydrogen) atoms. The quantitative estimate of drug-likeness (QED) is 0.153. The Bertz CT molecular complexity index is 3220. The largest absolute Gasteiger partial charge is 0.455 e. The van der Waals surface area contributed by atoms with Gasteiger partial charge < -0.3 is 4.42 Å². The molecule has 0 fully saturated rings. The molecule has 0 unspecified atom stereocenters. The molecule has 0 N–H and O–H groups in total. The van der Waals surface area contributed by atoms with Crippen molar-refractivity contribution in [2.45, 2.75) is 0 Å². The first-order valence-corrected chi connectivity index (χ1v) is 20.2. The summed E-state index contributed by atoms with van der Waals surface area (Å²) in [4.78, 5) is 23.5. The van der Waals surface area contributed by atoms with Crippen molar-refractivity contribution in [2.24, 2.45) is 0 Å². The summed E-state index contributed by atoms with van der Waals surface area (Å²) in [5.74, 6) is 0. The van der Waals surface area contributed by atoms with E-state index in [4.69, 9.17) is 9.40 Å². The van der Waals surface area contributed by atoms with Crippen molar-refractivity contribution in [3.05, 3.63) is 213 Å². The van der Waals surface area contributed by atoms with E-state index in [2.05, 4.69) is 153 Å². The standard InChI is InChI=1S/C55H35N5O/c1-2-10-36(11-3-1)47-16-4-18-50-51-19-5-17-49(55(51)61-54(47)50)48-20-21-52(45-28-41(37-12-6-22-56-32-37)26-42(29-45)38-13-7-23-57-33-38)60-53(48)46-30-43(39-14-8-24-58-34-39)27-44(31-46)40-15-9-25-59-35-40/h1-35H. The van der Waals surface area contributed by atoms with Gasteiger partial charge in [-0.25, -0.2) is 4.98 Å². The van der Waals surface area contributed by atoms with Crippen molar-refractivity contribution < 1.29 is 4.42 Å². The molecule has 0 saturated carbocycles. The molecule has 0 saturated heterocycles. The Morgan fingerprint density at radius 2 is 0.738 bits per heavy atom. The number of hydrogen-bond acceptors (Lipinski definition) is 6. The fourth-order valence-corrected chi connectivity index (χ4v) is 8.28. The van der Waals surface area contributed by atoms with E-state index < -0.39 is 0 Å². The van der Waals surface area contributed by atoms with E-state index in [1.165, 1.54) is 0 Å².